The standard InChI is InChI=1S/C20H33NO.C2H2O4/c1-3-18(2)19-12-6-7-13-20(19)22-17-11-10-16-21-14-8-4-5-9-15-21;3-1(4)2(5)6/h6-7,12-13,18H,3-5,8-11,14-17H2,1-2H3;(H,3,4)(H,5,6). The van der Waals surface area contributed by atoms with Crippen LogP contribution in [0.2, 0.25) is 0 Å². The first kappa shape index (κ1) is 24.0. The van der Waals surface area contributed by atoms with E-state index in [1.54, 1.807) is 0 Å². The maximum atomic E-state index is 9.10. The first-order valence-electron chi connectivity index (χ1n) is 10.4. The molecule has 1 aliphatic heterocycles. The zero-order valence-electron chi connectivity index (χ0n) is 17.2. The van der Waals surface area contributed by atoms with Crippen LogP contribution in [-0.2, 0) is 9.59 Å². The van der Waals surface area contributed by atoms with E-state index in [9.17, 15) is 0 Å². The molecule has 158 valence electrons. The van der Waals surface area contributed by atoms with Gasteiger partial charge in [-0.15, -0.1) is 0 Å². The summed E-state index contributed by atoms with van der Waals surface area (Å²) in [4.78, 5) is 20.8. The monoisotopic (exact) mass is 393 g/mol. The SMILES string of the molecule is CCC(C)c1ccccc1OCCCCN1CCCCCC1.O=C(O)C(=O)O. The predicted octanol–water partition coefficient (Wildman–Crippen LogP) is 4.39. The first-order chi connectivity index (χ1) is 13.5. The lowest BCUT2D eigenvalue weighted by atomic mass is 9.98. The second-order valence-corrected chi connectivity index (χ2v) is 7.27. The maximum absolute atomic E-state index is 9.10. The van der Waals surface area contributed by atoms with E-state index in [-0.39, 0.29) is 0 Å². The normalized spacial score (nSPS) is 15.6. The Morgan fingerprint density at radius 2 is 1.64 bits per heavy atom. The van der Waals surface area contributed by atoms with Crippen molar-refractivity contribution in [1.82, 2.24) is 4.90 Å². The van der Waals surface area contributed by atoms with Gasteiger partial charge in [0.1, 0.15) is 5.75 Å². The van der Waals surface area contributed by atoms with Crippen LogP contribution in [0.5, 0.6) is 5.75 Å². The number of nitrogens with zero attached hydrogens (tertiary/aromatic N) is 1. The van der Waals surface area contributed by atoms with Crippen LogP contribution < -0.4 is 4.74 Å². The topological polar surface area (TPSA) is 87.1 Å². The molecule has 0 bridgehead atoms. The van der Waals surface area contributed by atoms with Gasteiger partial charge in [0.2, 0.25) is 0 Å². The number of hydrogen-bond acceptors (Lipinski definition) is 4. The van der Waals surface area contributed by atoms with E-state index in [4.69, 9.17) is 24.5 Å². The fraction of sp³-hybridized carbons (Fsp3) is 0.636. The number of ether oxygens (including phenoxy) is 1. The summed E-state index contributed by atoms with van der Waals surface area (Å²) in [6.45, 7) is 9.22. The second-order valence-electron chi connectivity index (χ2n) is 7.27. The Balaban J connectivity index is 0.000000568. The van der Waals surface area contributed by atoms with E-state index in [0.29, 0.717) is 5.92 Å². The van der Waals surface area contributed by atoms with Gasteiger partial charge in [-0.25, -0.2) is 9.59 Å². The minimum Gasteiger partial charge on any atom is -0.493 e. The van der Waals surface area contributed by atoms with Crippen LogP contribution in [0, 0.1) is 0 Å². The molecule has 2 rings (SSSR count). The first-order valence-corrected chi connectivity index (χ1v) is 10.4. The molecule has 1 unspecified atom stereocenters. The Bertz CT molecular complexity index is 570. The fourth-order valence-corrected chi connectivity index (χ4v) is 3.22. The lowest BCUT2D eigenvalue weighted by Crippen LogP contribution is -2.25. The maximum Gasteiger partial charge on any atom is 0.414 e. The third-order valence-corrected chi connectivity index (χ3v) is 5.07. The van der Waals surface area contributed by atoms with Gasteiger partial charge in [0.15, 0.2) is 0 Å². The Hall–Kier alpha value is -2.08. The van der Waals surface area contributed by atoms with Gasteiger partial charge in [-0.2, -0.15) is 0 Å². The van der Waals surface area contributed by atoms with Gasteiger partial charge in [-0.1, -0.05) is 44.9 Å². The Labute approximate surface area is 168 Å². The molecule has 6 heteroatoms. The minimum atomic E-state index is -1.82. The van der Waals surface area contributed by atoms with E-state index >= 15 is 0 Å². The lowest BCUT2D eigenvalue weighted by molar-refractivity contribution is -0.159. The third kappa shape index (κ3) is 9.74. The van der Waals surface area contributed by atoms with Gasteiger partial charge in [0.25, 0.3) is 0 Å². The van der Waals surface area contributed by atoms with Crippen molar-refractivity contribution in [3.05, 3.63) is 29.8 Å². The molecule has 1 heterocycles. The molecule has 1 saturated heterocycles. The number of rotatable bonds is 8. The van der Waals surface area contributed by atoms with Gasteiger partial charge < -0.3 is 19.8 Å². The largest absolute Gasteiger partial charge is 0.493 e. The number of carbonyl (C=O) groups is 2. The van der Waals surface area contributed by atoms with Crippen molar-refractivity contribution in [2.45, 2.75) is 64.7 Å². The van der Waals surface area contributed by atoms with E-state index in [1.165, 1.54) is 57.3 Å². The van der Waals surface area contributed by atoms with Crippen molar-refractivity contribution in [3.8, 4) is 5.75 Å². The Morgan fingerprint density at radius 1 is 1.04 bits per heavy atom. The number of benzene rings is 1. The molecule has 0 aromatic heterocycles. The van der Waals surface area contributed by atoms with Crippen LogP contribution >= 0.6 is 0 Å². The van der Waals surface area contributed by atoms with Crippen LogP contribution in [0.15, 0.2) is 24.3 Å². The zero-order chi connectivity index (χ0) is 20.8. The molecule has 2 N–H and O–H groups in total. The summed E-state index contributed by atoms with van der Waals surface area (Å²) in [6, 6.07) is 8.53. The predicted molar refractivity (Wildman–Crippen MR) is 110 cm³/mol. The highest BCUT2D eigenvalue weighted by Gasteiger charge is 2.10. The number of para-hydroxylation sites is 1. The summed E-state index contributed by atoms with van der Waals surface area (Å²) in [5.41, 5.74) is 1.36. The number of unbranched alkanes of at least 4 members (excludes halogenated alkanes) is 1. The van der Waals surface area contributed by atoms with Gasteiger partial charge in [-0.05, 0) is 69.3 Å². The van der Waals surface area contributed by atoms with Crippen molar-refractivity contribution in [2.24, 2.45) is 0 Å². The molecule has 6 nitrogen and oxygen atoms in total. The number of hydrogen-bond donors (Lipinski definition) is 2. The average molecular weight is 394 g/mol. The van der Waals surface area contributed by atoms with Crippen molar-refractivity contribution < 1.29 is 24.5 Å². The van der Waals surface area contributed by atoms with Gasteiger partial charge in [0.05, 0.1) is 6.61 Å². The van der Waals surface area contributed by atoms with Crippen LogP contribution in [0.3, 0.4) is 0 Å². The number of aliphatic carboxylic acids is 2. The molecular formula is C22H35NO5. The van der Waals surface area contributed by atoms with Crippen molar-refractivity contribution in [3.63, 3.8) is 0 Å². The zero-order valence-corrected chi connectivity index (χ0v) is 17.2. The number of likely N-dealkylation sites (tertiary alicyclic amines) is 1. The molecule has 1 atom stereocenters. The quantitative estimate of drug-likeness (QED) is 0.503. The summed E-state index contributed by atoms with van der Waals surface area (Å²) in [6.07, 6.45) is 9.20. The fourth-order valence-electron chi connectivity index (χ4n) is 3.22. The molecule has 0 saturated carbocycles. The summed E-state index contributed by atoms with van der Waals surface area (Å²) >= 11 is 0. The smallest absolute Gasteiger partial charge is 0.414 e. The number of carboxylic acid groups (broad SMARTS) is 2. The molecule has 28 heavy (non-hydrogen) atoms. The van der Waals surface area contributed by atoms with Crippen LogP contribution in [0.4, 0.5) is 0 Å². The summed E-state index contributed by atoms with van der Waals surface area (Å²) in [7, 11) is 0. The highest BCUT2D eigenvalue weighted by Crippen LogP contribution is 2.28. The summed E-state index contributed by atoms with van der Waals surface area (Å²) in [5.74, 6) is -1.98. The Morgan fingerprint density at radius 3 is 2.21 bits per heavy atom. The molecular weight excluding hydrogens is 358 g/mol. The van der Waals surface area contributed by atoms with E-state index in [2.05, 4.69) is 43.0 Å². The number of carboxylic acids is 2. The Kier molecular flexibility index (Phi) is 12.0. The van der Waals surface area contributed by atoms with Crippen LogP contribution in [0.1, 0.15) is 70.3 Å². The van der Waals surface area contributed by atoms with Crippen LogP contribution in [0.25, 0.3) is 0 Å². The van der Waals surface area contributed by atoms with Gasteiger partial charge in [0, 0.05) is 0 Å². The molecule has 1 aliphatic rings. The van der Waals surface area contributed by atoms with Crippen LogP contribution in [-0.4, -0.2) is 53.3 Å². The highest BCUT2D eigenvalue weighted by molar-refractivity contribution is 6.27. The van der Waals surface area contributed by atoms with E-state index in [0.717, 1.165) is 25.2 Å². The van der Waals surface area contributed by atoms with Gasteiger partial charge >= 0.3 is 11.9 Å². The van der Waals surface area contributed by atoms with Crippen molar-refractivity contribution >= 4 is 11.9 Å². The average Bonchev–Trinajstić information content (AvgIpc) is 2.96. The molecule has 1 fully saturated rings. The minimum absolute atomic E-state index is 0.577. The second kappa shape index (κ2) is 14.0. The van der Waals surface area contributed by atoms with Crippen molar-refractivity contribution in [2.75, 3.05) is 26.2 Å². The molecule has 0 spiro atoms. The summed E-state index contributed by atoms with van der Waals surface area (Å²) in [5, 5.41) is 14.8. The van der Waals surface area contributed by atoms with Crippen molar-refractivity contribution in [1.29, 1.82) is 0 Å². The molecule has 0 amide bonds. The molecule has 0 aliphatic carbocycles. The molecule has 1 aromatic rings. The molecule has 0 radical (unpaired) electrons. The summed E-state index contributed by atoms with van der Waals surface area (Å²) < 4.78 is 6.06. The highest BCUT2D eigenvalue weighted by atomic mass is 16.5. The third-order valence-electron chi connectivity index (χ3n) is 5.07. The lowest BCUT2D eigenvalue weighted by Gasteiger charge is -2.20. The van der Waals surface area contributed by atoms with E-state index < -0.39 is 11.9 Å². The molecule has 1 aromatic carbocycles. The van der Waals surface area contributed by atoms with E-state index in [1.807, 2.05) is 0 Å². The van der Waals surface area contributed by atoms with Gasteiger partial charge in [-0.3, -0.25) is 0 Å².